The van der Waals surface area contributed by atoms with E-state index in [1.165, 1.54) is 41.5 Å². The van der Waals surface area contributed by atoms with Crippen LogP contribution in [0, 0.1) is 6.92 Å². The van der Waals surface area contributed by atoms with Gasteiger partial charge in [0.1, 0.15) is 0 Å². The van der Waals surface area contributed by atoms with Gasteiger partial charge in [-0.2, -0.15) is 0 Å². The average Bonchev–Trinajstić information content (AvgIpc) is 2.13. The van der Waals surface area contributed by atoms with Crippen LogP contribution in [0.1, 0.15) is 58.2 Å². The van der Waals surface area contributed by atoms with Crippen molar-refractivity contribution < 1.29 is 27.7 Å². The van der Waals surface area contributed by atoms with Crippen LogP contribution >= 0.6 is 0 Å². The molecule has 0 saturated carbocycles. The fourth-order valence-electron chi connectivity index (χ4n) is 2.01. The third kappa shape index (κ3) is 3.43. The molecule has 0 radical (unpaired) electrons. The molecule has 1 aromatic rings. The van der Waals surface area contributed by atoms with E-state index in [0.717, 1.165) is 5.75 Å². The van der Waals surface area contributed by atoms with Crippen LogP contribution in [-0.2, 0) is 35.6 Å². The van der Waals surface area contributed by atoms with E-state index < -0.39 is 0 Å². The summed E-state index contributed by atoms with van der Waals surface area (Å²) in [4.78, 5) is 0. The molecule has 0 amide bonds. The molecule has 0 atom stereocenters. The standard InChI is InChI=1S/C15H24O.Sc/c1-10-8-11(14(2,3)4)13(16)12(9-10)15(5,6)7;/h8-9,16H,1-7H3;/q;+1/p-1. The Hall–Kier alpha value is -0.110. The number of hydrogen-bond acceptors (Lipinski definition) is 1. The monoisotopic (exact) mass is 264 g/mol. The Bertz CT molecular complexity index is 373. The van der Waals surface area contributed by atoms with Crippen molar-refractivity contribution in [2.45, 2.75) is 59.3 Å². The van der Waals surface area contributed by atoms with Gasteiger partial charge in [-0.15, -0.1) is 0 Å². The second kappa shape index (κ2) is 4.87. The first-order valence-corrected chi connectivity index (χ1v) is 6.83. The molecule has 0 unspecified atom stereocenters. The van der Waals surface area contributed by atoms with Gasteiger partial charge >= 0.3 is 122 Å². The van der Waals surface area contributed by atoms with Gasteiger partial charge in [0.25, 0.3) is 0 Å². The second-order valence-corrected chi connectivity index (χ2v) is 7.18. The Morgan fingerprint density at radius 3 is 1.47 bits per heavy atom. The summed E-state index contributed by atoms with van der Waals surface area (Å²) < 4.78 is 5.75. The molecule has 0 aliphatic rings. The number of benzene rings is 1. The fraction of sp³-hybridized carbons (Fsp3) is 0.600. The Balaban J connectivity index is 3.58. The Morgan fingerprint density at radius 2 is 1.24 bits per heavy atom. The van der Waals surface area contributed by atoms with Crippen molar-refractivity contribution in [2.75, 3.05) is 0 Å². The zero-order chi connectivity index (χ0) is 13.4. The molecule has 0 N–H and O–H groups in total. The average molecular weight is 264 g/mol. The summed E-state index contributed by atoms with van der Waals surface area (Å²) in [7, 11) is 0. The molecule has 92 valence electrons. The summed E-state index contributed by atoms with van der Waals surface area (Å²) in [6, 6.07) is 4.51. The summed E-state index contributed by atoms with van der Waals surface area (Å²) in [5.41, 5.74) is 4.17. The summed E-state index contributed by atoms with van der Waals surface area (Å²) in [5, 5.41) is 0. The molecule has 1 rings (SSSR count). The van der Waals surface area contributed by atoms with Crippen LogP contribution in [0.15, 0.2) is 12.1 Å². The predicted molar refractivity (Wildman–Crippen MR) is 69.2 cm³/mol. The van der Waals surface area contributed by atoms with Crippen molar-refractivity contribution in [1.82, 2.24) is 0 Å². The topological polar surface area (TPSA) is 9.23 Å². The molecular weight excluding hydrogens is 241 g/mol. The minimum atomic E-state index is 0.118. The minimum absolute atomic E-state index is 0.118. The van der Waals surface area contributed by atoms with Crippen molar-refractivity contribution in [1.29, 1.82) is 0 Å². The van der Waals surface area contributed by atoms with E-state index in [0.29, 0.717) is 0 Å². The van der Waals surface area contributed by atoms with Crippen LogP contribution in [-0.4, -0.2) is 0 Å². The Morgan fingerprint density at radius 1 is 0.882 bits per heavy atom. The van der Waals surface area contributed by atoms with Crippen LogP contribution in [0.2, 0.25) is 0 Å². The molecule has 0 spiro atoms. The molecule has 0 saturated heterocycles. The SMILES string of the molecule is Cc1cc(C(C)(C)C)c([O][Sc])c(C(C)(C)C)c1. The molecule has 1 aromatic carbocycles. The van der Waals surface area contributed by atoms with Crippen LogP contribution < -0.4 is 2.85 Å². The van der Waals surface area contributed by atoms with Gasteiger partial charge < -0.3 is 0 Å². The maximum atomic E-state index is 5.75. The zero-order valence-electron chi connectivity index (χ0n) is 12.1. The molecular formula is C15H23OSc. The van der Waals surface area contributed by atoms with E-state index in [1.54, 1.807) is 0 Å². The van der Waals surface area contributed by atoms with Gasteiger partial charge in [0.15, 0.2) is 0 Å². The summed E-state index contributed by atoms with van der Waals surface area (Å²) in [6.07, 6.45) is 0. The zero-order valence-corrected chi connectivity index (χ0v) is 13.9. The van der Waals surface area contributed by atoms with Crippen molar-refractivity contribution in [3.8, 4) is 5.75 Å². The van der Waals surface area contributed by atoms with Gasteiger partial charge in [0.05, 0.1) is 0 Å². The van der Waals surface area contributed by atoms with Crippen LogP contribution in [0.25, 0.3) is 0 Å². The number of hydrogen-bond donors (Lipinski definition) is 0. The van der Waals surface area contributed by atoms with Gasteiger partial charge in [-0.25, -0.2) is 0 Å². The van der Waals surface area contributed by atoms with Crippen molar-refractivity contribution in [3.05, 3.63) is 28.8 Å². The molecule has 0 heterocycles. The summed E-state index contributed by atoms with van der Waals surface area (Å²) in [5.74, 6) is 1.08. The molecule has 0 fully saturated rings. The maximum absolute atomic E-state index is 5.75. The summed E-state index contributed by atoms with van der Waals surface area (Å²) >= 11 is 1.31. The van der Waals surface area contributed by atoms with Crippen LogP contribution in [0.4, 0.5) is 0 Å². The first-order valence-electron chi connectivity index (χ1n) is 6.09. The Labute approximate surface area is 121 Å². The van der Waals surface area contributed by atoms with E-state index in [-0.39, 0.29) is 10.8 Å². The van der Waals surface area contributed by atoms with Gasteiger partial charge in [-0.05, 0) is 0 Å². The molecule has 1 nitrogen and oxygen atoms in total. The fourth-order valence-corrected chi connectivity index (χ4v) is 2.41. The molecule has 0 aromatic heterocycles. The van der Waals surface area contributed by atoms with E-state index in [2.05, 4.69) is 60.6 Å². The van der Waals surface area contributed by atoms with Crippen molar-refractivity contribution in [2.24, 2.45) is 0 Å². The van der Waals surface area contributed by atoms with Gasteiger partial charge in [-0.1, -0.05) is 0 Å². The van der Waals surface area contributed by atoms with E-state index in [9.17, 15) is 0 Å². The molecule has 0 bridgehead atoms. The van der Waals surface area contributed by atoms with E-state index >= 15 is 0 Å². The number of rotatable bonds is 1. The van der Waals surface area contributed by atoms with Gasteiger partial charge in [-0.3, -0.25) is 0 Å². The molecule has 2 heteroatoms. The molecule has 0 aliphatic carbocycles. The second-order valence-electron chi connectivity index (χ2n) is 6.81. The van der Waals surface area contributed by atoms with Gasteiger partial charge in [0, 0.05) is 0 Å². The summed E-state index contributed by atoms with van der Waals surface area (Å²) in [6.45, 7) is 15.6. The predicted octanol–water partition coefficient (Wildman–Crippen LogP) is 4.43. The van der Waals surface area contributed by atoms with Gasteiger partial charge in [0.2, 0.25) is 0 Å². The first-order chi connectivity index (χ1) is 7.57. The third-order valence-electron chi connectivity index (χ3n) is 2.97. The van der Waals surface area contributed by atoms with E-state index in [1.807, 2.05) is 0 Å². The normalized spacial score (nSPS) is 12.6. The van der Waals surface area contributed by atoms with Crippen LogP contribution in [0.5, 0.6) is 5.75 Å². The quantitative estimate of drug-likeness (QED) is 0.729. The van der Waals surface area contributed by atoms with Crippen molar-refractivity contribution in [3.63, 3.8) is 0 Å². The van der Waals surface area contributed by atoms with Crippen molar-refractivity contribution >= 4 is 0 Å². The molecule has 17 heavy (non-hydrogen) atoms. The van der Waals surface area contributed by atoms with Crippen LogP contribution in [0.3, 0.4) is 0 Å². The first kappa shape index (κ1) is 14.9. The Kier molecular flexibility index (Phi) is 4.28. The molecule has 0 aliphatic heterocycles. The third-order valence-corrected chi connectivity index (χ3v) is 3.34. The number of aryl methyl sites for hydroxylation is 1. The van der Waals surface area contributed by atoms with E-state index in [4.69, 9.17) is 2.85 Å².